The molecule has 0 bridgehead atoms. The molecule has 3 N–H and O–H groups in total. The number of anilines is 2. The molecule has 0 radical (unpaired) electrons. The van der Waals surface area contributed by atoms with E-state index in [1.54, 1.807) is 69.3 Å². The van der Waals surface area contributed by atoms with Crippen LogP contribution in [0.15, 0.2) is 54.2 Å². The number of imide groups is 1. The molecule has 2 heterocycles. The molecule has 176 valence electrons. The summed E-state index contributed by atoms with van der Waals surface area (Å²) < 4.78 is 5.16. The topological polar surface area (TPSA) is 117 Å². The lowest BCUT2D eigenvalue weighted by Gasteiger charge is -2.19. The Bertz CT molecular complexity index is 1210. The number of para-hydroxylation sites is 2. The summed E-state index contributed by atoms with van der Waals surface area (Å²) in [5.74, 6) is -0.863. The largest absolute Gasteiger partial charge is 0.444 e. The number of carbonyl (C=O) groups excluding carboxylic acids is 4. The smallest absolute Gasteiger partial charge is 0.407 e. The van der Waals surface area contributed by atoms with Crippen molar-refractivity contribution in [3.63, 3.8) is 0 Å². The molecule has 2 aliphatic rings. The molecule has 0 fully saturated rings. The molecule has 9 nitrogen and oxygen atoms in total. The van der Waals surface area contributed by atoms with Crippen LogP contribution in [0.5, 0.6) is 0 Å². The number of carbonyl (C=O) groups is 4. The van der Waals surface area contributed by atoms with Gasteiger partial charge in [0.15, 0.2) is 0 Å². The molecule has 0 saturated carbocycles. The third-order valence-electron chi connectivity index (χ3n) is 5.24. The van der Waals surface area contributed by atoms with Crippen LogP contribution in [0, 0.1) is 0 Å². The van der Waals surface area contributed by atoms with Gasteiger partial charge in [-0.1, -0.05) is 30.3 Å². The molecular formula is C25H26N4O5. The highest BCUT2D eigenvalue weighted by Crippen LogP contribution is 2.41. The van der Waals surface area contributed by atoms with Crippen LogP contribution in [-0.2, 0) is 9.53 Å². The lowest BCUT2D eigenvalue weighted by molar-refractivity contribution is -0.112. The molecule has 2 aromatic carbocycles. The Labute approximate surface area is 197 Å². The molecule has 2 aromatic rings. The van der Waals surface area contributed by atoms with Crippen molar-refractivity contribution >= 4 is 40.8 Å². The zero-order chi connectivity index (χ0) is 24.5. The highest BCUT2D eigenvalue weighted by Gasteiger charge is 2.41. The molecule has 2 aliphatic heterocycles. The highest BCUT2D eigenvalue weighted by molar-refractivity contribution is 6.44. The molecule has 0 saturated heterocycles. The summed E-state index contributed by atoms with van der Waals surface area (Å²) in [6.07, 6.45) is -0.0914. The van der Waals surface area contributed by atoms with Gasteiger partial charge in [0.1, 0.15) is 11.3 Å². The van der Waals surface area contributed by atoms with Gasteiger partial charge in [-0.2, -0.15) is 0 Å². The summed E-state index contributed by atoms with van der Waals surface area (Å²) >= 11 is 0. The van der Waals surface area contributed by atoms with E-state index in [0.717, 1.165) is 4.90 Å². The quantitative estimate of drug-likeness (QED) is 0.471. The number of ketones is 1. The minimum absolute atomic E-state index is 0.163. The summed E-state index contributed by atoms with van der Waals surface area (Å²) in [4.78, 5) is 52.0. The zero-order valence-electron chi connectivity index (χ0n) is 19.2. The predicted octanol–water partition coefficient (Wildman–Crippen LogP) is 3.68. The van der Waals surface area contributed by atoms with Crippen LogP contribution in [0.1, 0.15) is 43.1 Å². The van der Waals surface area contributed by atoms with E-state index >= 15 is 0 Å². The molecule has 9 heteroatoms. The summed E-state index contributed by atoms with van der Waals surface area (Å²) in [5, 5.41) is 8.36. The minimum atomic E-state index is -0.603. The number of rotatable bonds is 4. The summed E-state index contributed by atoms with van der Waals surface area (Å²) in [7, 11) is 0. The maximum absolute atomic E-state index is 13.3. The summed E-state index contributed by atoms with van der Waals surface area (Å²) in [5.41, 5.74) is 1.76. The van der Waals surface area contributed by atoms with Crippen LogP contribution in [0.25, 0.3) is 5.57 Å². The zero-order valence-corrected chi connectivity index (χ0v) is 19.2. The fraction of sp³-hybridized carbons (Fsp3) is 0.280. The van der Waals surface area contributed by atoms with E-state index in [1.165, 1.54) is 0 Å². The predicted molar refractivity (Wildman–Crippen MR) is 127 cm³/mol. The van der Waals surface area contributed by atoms with Crippen molar-refractivity contribution < 1.29 is 23.9 Å². The Kier molecular flexibility index (Phi) is 6.10. The molecule has 4 amide bonds. The van der Waals surface area contributed by atoms with Gasteiger partial charge in [-0.3, -0.25) is 9.59 Å². The number of ether oxygens (including phenoxy) is 1. The van der Waals surface area contributed by atoms with Gasteiger partial charge in [0.05, 0.1) is 11.3 Å². The fourth-order valence-electron chi connectivity index (χ4n) is 3.82. The standard InChI is InChI=1S/C25H26N4O5/c1-25(2,3)34-24(33)27-14-8-13-26-23(32)29-18-12-7-5-10-16(18)19(22(29)31)20-21(30)15-9-4-6-11-17(15)28-20/h4-7,9-12,28H,8,13-14H2,1-3H3,(H,26,32)(H,27,33)/b20-19-. The second-order valence-corrected chi connectivity index (χ2v) is 8.92. The van der Waals surface area contributed by atoms with Crippen molar-refractivity contribution in [1.29, 1.82) is 0 Å². The van der Waals surface area contributed by atoms with Crippen LogP contribution in [0.3, 0.4) is 0 Å². The molecule has 0 atom stereocenters. The number of hydrogen-bond acceptors (Lipinski definition) is 6. The SMILES string of the molecule is CC(C)(C)OC(=O)NCCCNC(=O)N1C(=O)/C(=C2\Nc3ccccc3C2=O)c2ccccc21. The van der Waals surface area contributed by atoms with Gasteiger partial charge in [-0.15, -0.1) is 0 Å². The van der Waals surface area contributed by atoms with Gasteiger partial charge < -0.3 is 20.7 Å². The molecule has 0 aromatic heterocycles. The molecule has 4 rings (SSSR count). The van der Waals surface area contributed by atoms with Gasteiger partial charge in [0, 0.05) is 29.9 Å². The minimum Gasteiger partial charge on any atom is -0.444 e. The Hall–Kier alpha value is -4.14. The number of fused-ring (bicyclic) bond motifs is 2. The number of Topliss-reactive ketones (excluding diaryl/α,β-unsaturated/α-hetero) is 1. The maximum Gasteiger partial charge on any atom is 0.407 e. The Morgan fingerprint density at radius 2 is 1.59 bits per heavy atom. The third kappa shape index (κ3) is 4.50. The summed E-state index contributed by atoms with van der Waals surface area (Å²) in [6.45, 7) is 5.85. The van der Waals surface area contributed by atoms with Crippen molar-refractivity contribution in [2.24, 2.45) is 0 Å². The monoisotopic (exact) mass is 462 g/mol. The number of amides is 4. The second kappa shape index (κ2) is 9.01. The van der Waals surface area contributed by atoms with Crippen LogP contribution in [0.2, 0.25) is 0 Å². The number of benzene rings is 2. The molecular weight excluding hydrogens is 436 g/mol. The van der Waals surface area contributed by atoms with E-state index in [9.17, 15) is 19.2 Å². The number of nitrogens with zero attached hydrogens (tertiary/aromatic N) is 1. The average Bonchev–Trinajstić information content (AvgIpc) is 3.25. The van der Waals surface area contributed by atoms with Gasteiger partial charge in [0.25, 0.3) is 5.91 Å². The van der Waals surface area contributed by atoms with Crippen molar-refractivity contribution in [2.75, 3.05) is 23.3 Å². The Morgan fingerprint density at radius 3 is 2.29 bits per heavy atom. The first-order valence-corrected chi connectivity index (χ1v) is 11.0. The molecule has 34 heavy (non-hydrogen) atoms. The van der Waals surface area contributed by atoms with E-state index < -0.39 is 23.6 Å². The Balaban J connectivity index is 1.45. The molecule has 0 unspecified atom stereocenters. The van der Waals surface area contributed by atoms with Crippen molar-refractivity contribution in [3.8, 4) is 0 Å². The van der Waals surface area contributed by atoms with Crippen molar-refractivity contribution in [1.82, 2.24) is 10.6 Å². The second-order valence-electron chi connectivity index (χ2n) is 8.92. The van der Waals surface area contributed by atoms with Crippen LogP contribution in [-0.4, -0.2) is 42.5 Å². The first-order valence-electron chi connectivity index (χ1n) is 11.0. The number of urea groups is 1. The average molecular weight is 463 g/mol. The number of allylic oxidation sites excluding steroid dienone is 1. The van der Waals surface area contributed by atoms with Crippen molar-refractivity contribution in [2.45, 2.75) is 32.8 Å². The highest BCUT2D eigenvalue weighted by atomic mass is 16.6. The van der Waals surface area contributed by atoms with Crippen molar-refractivity contribution in [3.05, 3.63) is 65.4 Å². The van der Waals surface area contributed by atoms with Gasteiger partial charge in [0.2, 0.25) is 5.78 Å². The lowest BCUT2D eigenvalue weighted by Crippen LogP contribution is -2.43. The number of alkyl carbamates (subject to hydrolysis) is 1. The third-order valence-corrected chi connectivity index (χ3v) is 5.24. The lowest BCUT2D eigenvalue weighted by atomic mass is 10.0. The number of nitrogens with one attached hydrogen (secondary N) is 3. The van der Waals surface area contributed by atoms with E-state index in [0.29, 0.717) is 35.5 Å². The molecule has 0 aliphatic carbocycles. The fourth-order valence-corrected chi connectivity index (χ4v) is 3.82. The number of hydrogen-bond donors (Lipinski definition) is 3. The van der Waals surface area contributed by atoms with Gasteiger partial charge >= 0.3 is 12.1 Å². The van der Waals surface area contributed by atoms with Crippen LogP contribution in [0.4, 0.5) is 21.0 Å². The summed E-state index contributed by atoms with van der Waals surface area (Å²) in [6, 6.07) is 13.3. The maximum atomic E-state index is 13.3. The normalized spacial score (nSPS) is 16.6. The van der Waals surface area contributed by atoms with Crippen LogP contribution >= 0.6 is 0 Å². The molecule has 0 spiro atoms. The van der Waals surface area contributed by atoms with E-state index in [-0.39, 0.29) is 23.6 Å². The Morgan fingerprint density at radius 1 is 0.941 bits per heavy atom. The first kappa shape index (κ1) is 23.0. The first-order chi connectivity index (χ1) is 16.2. The van der Waals surface area contributed by atoms with Gasteiger partial charge in [-0.25, -0.2) is 14.5 Å². The van der Waals surface area contributed by atoms with Crippen LogP contribution < -0.4 is 20.9 Å². The van der Waals surface area contributed by atoms with Gasteiger partial charge in [-0.05, 0) is 45.4 Å². The van der Waals surface area contributed by atoms with E-state index in [1.807, 2.05) is 0 Å². The van der Waals surface area contributed by atoms with E-state index in [2.05, 4.69) is 16.0 Å². The van der Waals surface area contributed by atoms with E-state index in [4.69, 9.17) is 4.74 Å².